The summed E-state index contributed by atoms with van der Waals surface area (Å²) in [7, 11) is 0. The highest BCUT2D eigenvalue weighted by Gasteiger charge is 2.19. The summed E-state index contributed by atoms with van der Waals surface area (Å²) < 4.78 is 2.01. The topological polar surface area (TPSA) is 72.7 Å². The molecule has 0 spiro atoms. The molecule has 0 saturated carbocycles. The number of amides is 1. The van der Waals surface area contributed by atoms with E-state index >= 15 is 0 Å². The average molecular weight is 458 g/mol. The third-order valence-corrected chi connectivity index (χ3v) is 6.46. The van der Waals surface area contributed by atoms with Gasteiger partial charge in [0.05, 0.1) is 17.5 Å². The fourth-order valence-electron chi connectivity index (χ4n) is 3.62. The van der Waals surface area contributed by atoms with Gasteiger partial charge in [-0.2, -0.15) is 0 Å². The van der Waals surface area contributed by atoms with Crippen molar-refractivity contribution in [1.82, 2.24) is 25.1 Å². The summed E-state index contributed by atoms with van der Waals surface area (Å²) in [5.74, 6) is 0.924. The maximum Gasteiger partial charge on any atom is 0.230 e. The molecule has 0 aliphatic carbocycles. The lowest BCUT2D eigenvalue weighted by Gasteiger charge is -2.15. The Morgan fingerprint density at radius 3 is 2.45 bits per heavy atom. The van der Waals surface area contributed by atoms with Crippen molar-refractivity contribution in [3.05, 3.63) is 89.7 Å². The van der Waals surface area contributed by atoms with E-state index in [1.54, 1.807) is 12.4 Å². The second-order valence-corrected chi connectivity index (χ2v) is 8.78. The van der Waals surface area contributed by atoms with Crippen molar-refractivity contribution >= 4 is 17.7 Å². The molecule has 0 bridgehead atoms. The van der Waals surface area contributed by atoms with E-state index in [4.69, 9.17) is 0 Å². The Labute approximate surface area is 198 Å². The molecule has 7 heteroatoms. The molecule has 1 N–H and O–H groups in total. The molecule has 4 rings (SSSR count). The third-order valence-electron chi connectivity index (χ3n) is 5.53. The number of thioether (sulfide) groups is 1. The van der Waals surface area contributed by atoms with E-state index in [2.05, 4.69) is 64.7 Å². The maximum atomic E-state index is 12.7. The van der Waals surface area contributed by atoms with Crippen LogP contribution < -0.4 is 5.32 Å². The fourth-order valence-corrected chi connectivity index (χ4v) is 4.38. The number of pyridine rings is 1. The molecule has 0 radical (unpaired) electrons. The molecule has 0 aliphatic rings. The smallest absolute Gasteiger partial charge is 0.230 e. The van der Waals surface area contributed by atoms with Crippen LogP contribution in [0.2, 0.25) is 0 Å². The summed E-state index contributed by atoms with van der Waals surface area (Å²) in [6.45, 7) is 6.19. The molecule has 33 heavy (non-hydrogen) atoms. The molecule has 6 nitrogen and oxygen atoms in total. The average Bonchev–Trinajstić information content (AvgIpc) is 3.27. The zero-order chi connectivity index (χ0) is 23.2. The van der Waals surface area contributed by atoms with E-state index in [9.17, 15) is 4.79 Å². The number of nitrogens with zero attached hydrogens (tertiary/aromatic N) is 4. The number of hydrogen-bond donors (Lipinski definition) is 1. The predicted octanol–water partition coefficient (Wildman–Crippen LogP) is 5.17. The van der Waals surface area contributed by atoms with Gasteiger partial charge in [-0.1, -0.05) is 61.2 Å². The second-order valence-electron chi connectivity index (χ2n) is 7.84. The van der Waals surface area contributed by atoms with Crippen molar-refractivity contribution in [2.75, 3.05) is 5.75 Å². The zero-order valence-corrected chi connectivity index (χ0v) is 19.8. The molecule has 1 atom stereocenters. The van der Waals surface area contributed by atoms with E-state index in [-0.39, 0.29) is 17.7 Å². The molecule has 2 aromatic heterocycles. The number of carbonyl (C=O) groups excluding carboxylic acids is 1. The number of aryl methyl sites for hydroxylation is 2. The summed E-state index contributed by atoms with van der Waals surface area (Å²) in [5.41, 5.74) is 5.38. The van der Waals surface area contributed by atoms with Crippen LogP contribution in [0.25, 0.3) is 17.1 Å². The van der Waals surface area contributed by atoms with Gasteiger partial charge >= 0.3 is 0 Å². The van der Waals surface area contributed by atoms with Crippen molar-refractivity contribution in [3.8, 4) is 17.1 Å². The van der Waals surface area contributed by atoms with Crippen LogP contribution >= 0.6 is 11.8 Å². The molecule has 168 valence electrons. The van der Waals surface area contributed by atoms with E-state index in [0.29, 0.717) is 5.16 Å². The number of nitrogens with one attached hydrogen (secondary N) is 1. The summed E-state index contributed by atoms with van der Waals surface area (Å²) >= 11 is 1.38. The summed E-state index contributed by atoms with van der Waals surface area (Å²) in [6.07, 6.45) is 4.47. The molecule has 4 aromatic rings. The maximum absolute atomic E-state index is 12.7. The molecule has 1 amide bonds. The van der Waals surface area contributed by atoms with Crippen molar-refractivity contribution in [2.24, 2.45) is 0 Å². The van der Waals surface area contributed by atoms with Gasteiger partial charge in [0.2, 0.25) is 5.91 Å². The zero-order valence-electron chi connectivity index (χ0n) is 19.0. The van der Waals surface area contributed by atoms with Crippen molar-refractivity contribution < 1.29 is 4.79 Å². The predicted molar refractivity (Wildman–Crippen MR) is 132 cm³/mol. The van der Waals surface area contributed by atoms with E-state index < -0.39 is 0 Å². The molecule has 0 saturated heterocycles. The van der Waals surface area contributed by atoms with Crippen molar-refractivity contribution in [3.63, 3.8) is 0 Å². The van der Waals surface area contributed by atoms with Gasteiger partial charge in [-0.15, -0.1) is 10.2 Å². The highest BCUT2D eigenvalue weighted by Crippen LogP contribution is 2.29. The third kappa shape index (κ3) is 5.31. The van der Waals surface area contributed by atoms with Gasteiger partial charge in [0.25, 0.3) is 0 Å². The molecule has 2 aromatic carbocycles. The lowest BCUT2D eigenvalue weighted by atomic mass is 10.1. The van der Waals surface area contributed by atoms with Gasteiger partial charge in [-0.25, -0.2) is 0 Å². The van der Waals surface area contributed by atoms with Gasteiger partial charge in [0.1, 0.15) is 0 Å². The number of para-hydroxylation sites is 1. The van der Waals surface area contributed by atoms with E-state index in [0.717, 1.165) is 34.6 Å². The molecule has 2 heterocycles. The Balaban J connectivity index is 1.52. The van der Waals surface area contributed by atoms with Crippen molar-refractivity contribution in [1.29, 1.82) is 0 Å². The van der Waals surface area contributed by atoms with Gasteiger partial charge < -0.3 is 5.32 Å². The Hall–Kier alpha value is -3.45. The van der Waals surface area contributed by atoms with E-state index in [1.165, 1.54) is 17.3 Å². The molecule has 1 unspecified atom stereocenters. The number of carbonyl (C=O) groups is 1. The Morgan fingerprint density at radius 2 is 1.76 bits per heavy atom. The first-order valence-corrected chi connectivity index (χ1v) is 12.0. The van der Waals surface area contributed by atoms with Crippen LogP contribution in [-0.2, 0) is 11.2 Å². The highest BCUT2D eigenvalue weighted by molar-refractivity contribution is 7.99. The van der Waals surface area contributed by atoms with Crippen LogP contribution in [0.4, 0.5) is 0 Å². The van der Waals surface area contributed by atoms with Crippen LogP contribution in [0.5, 0.6) is 0 Å². The monoisotopic (exact) mass is 457 g/mol. The first-order chi connectivity index (χ1) is 16.1. The van der Waals surface area contributed by atoms with Crippen molar-refractivity contribution in [2.45, 2.75) is 38.4 Å². The first-order valence-electron chi connectivity index (χ1n) is 11.0. The lowest BCUT2D eigenvalue weighted by molar-refractivity contribution is -0.119. The summed E-state index contributed by atoms with van der Waals surface area (Å²) in [5, 5.41) is 12.6. The van der Waals surface area contributed by atoms with Crippen LogP contribution in [0.3, 0.4) is 0 Å². The quantitative estimate of drug-likeness (QED) is 0.370. The largest absolute Gasteiger partial charge is 0.349 e. The van der Waals surface area contributed by atoms with Gasteiger partial charge in [-0.05, 0) is 55.2 Å². The molecule has 0 fully saturated rings. The molecule has 0 aliphatic heterocycles. The van der Waals surface area contributed by atoms with Gasteiger partial charge in [-0.3, -0.25) is 14.3 Å². The summed E-state index contributed by atoms with van der Waals surface area (Å²) in [6, 6.07) is 20.2. The minimum Gasteiger partial charge on any atom is -0.349 e. The van der Waals surface area contributed by atoms with Gasteiger partial charge in [0, 0.05) is 18.0 Å². The fraction of sp³-hybridized carbons (Fsp3) is 0.231. The van der Waals surface area contributed by atoms with Crippen LogP contribution in [-0.4, -0.2) is 31.4 Å². The van der Waals surface area contributed by atoms with Gasteiger partial charge in [0.15, 0.2) is 11.0 Å². The minimum atomic E-state index is -0.0642. The second kappa shape index (κ2) is 10.4. The number of aromatic nitrogens is 4. The normalized spacial score (nSPS) is 11.8. The standard InChI is InChI=1S/C26H27N5OS/c1-4-20-9-11-21(12-10-20)19(3)28-24(32)17-33-26-30-29-25(22-13-15-27-16-14-22)31(26)23-8-6-5-7-18(23)2/h5-16,19H,4,17H2,1-3H3,(H,28,32). The Bertz CT molecular complexity index is 1220. The van der Waals surface area contributed by atoms with Crippen LogP contribution in [0, 0.1) is 6.92 Å². The number of hydrogen-bond acceptors (Lipinski definition) is 5. The molecular formula is C26H27N5OS. The Morgan fingerprint density at radius 1 is 1.03 bits per heavy atom. The van der Waals surface area contributed by atoms with Crippen LogP contribution in [0.1, 0.15) is 36.6 Å². The lowest BCUT2D eigenvalue weighted by Crippen LogP contribution is -2.28. The minimum absolute atomic E-state index is 0.0446. The van der Waals surface area contributed by atoms with E-state index in [1.807, 2.05) is 41.8 Å². The number of benzene rings is 2. The highest BCUT2D eigenvalue weighted by atomic mass is 32.2. The van der Waals surface area contributed by atoms with Crippen LogP contribution in [0.15, 0.2) is 78.2 Å². The summed E-state index contributed by atoms with van der Waals surface area (Å²) in [4.78, 5) is 16.8. The SMILES string of the molecule is CCc1ccc(C(C)NC(=O)CSc2nnc(-c3ccncc3)n2-c2ccccc2C)cc1. The molecular weight excluding hydrogens is 430 g/mol. The number of rotatable bonds is 8. The Kier molecular flexibility index (Phi) is 7.19. The first kappa shape index (κ1) is 22.7.